The highest BCUT2D eigenvalue weighted by Gasteiger charge is 2.43. The molecule has 2 aromatic rings. The number of rotatable bonds is 4. The number of carbonyl (C=O) groups excluding carboxylic acids is 1. The number of benzene rings is 1. The molecule has 0 aliphatic carbocycles. The molecule has 10 heteroatoms. The molecule has 2 aliphatic heterocycles. The summed E-state index contributed by atoms with van der Waals surface area (Å²) in [6.07, 6.45) is 1.61. The first-order valence-corrected chi connectivity index (χ1v) is 12.4. The summed E-state index contributed by atoms with van der Waals surface area (Å²) < 4.78 is 31.6. The van der Waals surface area contributed by atoms with Gasteiger partial charge in [0, 0.05) is 17.9 Å². The quantitative estimate of drug-likeness (QED) is 0.544. The van der Waals surface area contributed by atoms with Crippen LogP contribution >= 0.6 is 11.9 Å². The smallest absolute Gasteiger partial charge is 0.283 e. The van der Waals surface area contributed by atoms with Crippen molar-refractivity contribution in [2.75, 3.05) is 0 Å². The van der Waals surface area contributed by atoms with Crippen molar-refractivity contribution in [2.24, 2.45) is 9.39 Å². The molecule has 0 saturated carbocycles. The average molecular weight is 470 g/mol. The van der Waals surface area contributed by atoms with Crippen LogP contribution in [0.5, 0.6) is 0 Å². The van der Waals surface area contributed by atoms with Crippen molar-refractivity contribution < 1.29 is 13.2 Å². The molecule has 166 valence electrons. The van der Waals surface area contributed by atoms with Crippen molar-refractivity contribution in [2.45, 2.75) is 39.5 Å². The second-order valence-corrected chi connectivity index (χ2v) is 11.0. The number of carbonyl (C=O) groups is 1. The van der Waals surface area contributed by atoms with Crippen molar-refractivity contribution in [3.05, 3.63) is 64.5 Å². The number of amidine groups is 3. The number of aryl methyl sites for hydroxylation is 1. The van der Waals surface area contributed by atoms with Gasteiger partial charge in [0.25, 0.3) is 5.91 Å². The third-order valence-corrected chi connectivity index (χ3v) is 8.31. The minimum atomic E-state index is -3.75. The summed E-state index contributed by atoms with van der Waals surface area (Å²) in [6, 6.07) is 12.0. The average Bonchev–Trinajstić information content (AvgIpc) is 3.28. The fourth-order valence-electron chi connectivity index (χ4n) is 3.53. The van der Waals surface area contributed by atoms with Gasteiger partial charge in [0.1, 0.15) is 5.84 Å². The maximum atomic E-state index is 12.7. The summed E-state index contributed by atoms with van der Waals surface area (Å²) >= 11 is 0.797. The minimum Gasteiger partial charge on any atom is -0.344 e. The largest absolute Gasteiger partial charge is 0.344 e. The maximum Gasteiger partial charge on any atom is 0.283 e. The fraction of sp³-hybridized carbons (Fsp3) is 0.273. The molecule has 0 saturated heterocycles. The number of nitrogens with one attached hydrogen (secondary N) is 1. The Kier molecular flexibility index (Phi) is 5.68. The van der Waals surface area contributed by atoms with Gasteiger partial charge < -0.3 is 4.57 Å². The van der Waals surface area contributed by atoms with E-state index in [0.29, 0.717) is 6.54 Å². The van der Waals surface area contributed by atoms with Crippen LogP contribution in [-0.4, -0.2) is 45.2 Å². The van der Waals surface area contributed by atoms with Gasteiger partial charge in [-0.3, -0.25) is 10.2 Å². The highest BCUT2D eigenvalue weighted by molar-refractivity contribution is 8.16. The fourth-order valence-corrected chi connectivity index (χ4v) is 5.60. The van der Waals surface area contributed by atoms with Crippen molar-refractivity contribution in [3.8, 4) is 0 Å². The highest BCUT2D eigenvalue weighted by Crippen LogP contribution is 2.31. The first kappa shape index (κ1) is 22.2. The number of hydrogen-bond donors (Lipinski definition) is 1. The lowest BCUT2D eigenvalue weighted by Crippen LogP contribution is -2.46. The zero-order valence-electron chi connectivity index (χ0n) is 18.2. The summed E-state index contributed by atoms with van der Waals surface area (Å²) in [5.74, 6) is -0.819. The van der Waals surface area contributed by atoms with Crippen molar-refractivity contribution in [1.29, 1.82) is 5.41 Å². The molecule has 4 rings (SSSR count). The van der Waals surface area contributed by atoms with Crippen LogP contribution in [0.3, 0.4) is 0 Å². The summed E-state index contributed by atoms with van der Waals surface area (Å²) in [4.78, 5) is 17.8. The Labute approximate surface area is 191 Å². The lowest BCUT2D eigenvalue weighted by molar-refractivity contribution is -0.114. The minimum absolute atomic E-state index is 0.0304. The van der Waals surface area contributed by atoms with Crippen LogP contribution in [0, 0.1) is 19.3 Å². The maximum absolute atomic E-state index is 12.7. The van der Waals surface area contributed by atoms with Crippen LogP contribution in [0.4, 0.5) is 0 Å². The third kappa shape index (κ3) is 3.73. The SMILES string of the molecule is Cc1cc(/C=C2/C(=N)N3C(=NC2=O)SN=C3S(=O)(=O)C(C)C)c(C)n1Cc1ccccc1. The van der Waals surface area contributed by atoms with Gasteiger partial charge in [-0.1, -0.05) is 30.3 Å². The lowest BCUT2D eigenvalue weighted by Gasteiger charge is -2.25. The zero-order valence-corrected chi connectivity index (χ0v) is 19.8. The van der Waals surface area contributed by atoms with Crippen molar-refractivity contribution in [1.82, 2.24) is 9.47 Å². The molecule has 0 unspecified atom stereocenters. The summed E-state index contributed by atoms with van der Waals surface area (Å²) in [5.41, 5.74) is 3.91. The number of aliphatic imine (C=N–C) groups is 1. The van der Waals surface area contributed by atoms with E-state index in [4.69, 9.17) is 5.41 Å². The van der Waals surface area contributed by atoms with E-state index in [-0.39, 0.29) is 21.7 Å². The molecule has 3 heterocycles. The molecule has 2 aliphatic rings. The predicted octanol–water partition coefficient (Wildman–Crippen LogP) is 3.55. The number of fused-ring (bicyclic) bond motifs is 1. The molecule has 0 bridgehead atoms. The Hall–Kier alpha value is -2.98. The van der Waals surface area contributed by atoms with Gasteiger partial charge in [-0.15, -0.1) is 0 Å². The van der Waals surface area contributed by atoms with Gasteiger partial charge in [-0.05, 0) is 51.0 Å². The second-order valence-electron chi connectivity index (χ2n) is 7.90. The topological polar surface area (TPSA) is 108 Å². The predicted molar refractivity (Wildman–Crippen MR) is 129 cm³/mol. The molecule has 1 aromatic heterocycles. The van der Waals surface area contributed by atoms with Crippen molar-refractivity contribution >= 4 is 49.9 Å². The molecule has 0 atom stereocenters. The van der Waals surface area contributed by atoms with E-state index >= 15 is 0 Å². The highest BCUT2D eigenvalue weighted by atomic mass is 32.2. The van der Waals surface area contributed by atoms with Gasteiger partial charge in [-0.2, -0.15) is 9.39 Å². The van der Waals surface area contributed by atoms with Crippen LogP contribution in [0.25, 0.3) is 6.08 Å². The molecule has 1 N–H and O–H groups in total. The van der Waals surface area contributed by atoms with Gasteiger partial charge in [0.15, 0.2) is 0 Å². The second kappa shape index (κ2) is 8.18. The van der Waals surface area contributed by atoms with E-state index in [1.165, 1.54) is 0 Å². The third-order valence-electron chi connectivity index (χ3n) is 5.47. The van der Waals surface area contributed by atoms with Crippen LogP contribution < -0.4 is 0 Å². The zero-order chi connectivity index (χ0) is 23.2. The Morgan fingerprint density at radius 2 is 1.88 bits per heavy atom. The Morgan fingerprint density at radius 3 is 2.53 bits per heavy atom. The molecule has 1 amide bonds. The van der Waals surface area contributed by atoms with Crippen molar-refractivity contribution in [3.63, 3.8) is 0 Å². The van der Waals surface area contributed by atoms with E-state index in [1.54, 1.807) is 19.9 Å². The lowest BCUT2D eigenvalue weighted by atomic mass is 10.1. The number of hydrogen-bond acceptors (Lipinski definition) is 6. The number of sulfone groups is 1. The molecule has 1 aromatic carbocycles. The van der Waals surface area contributed by atoms with Gasteiger partial charge >= 0.3 is 0 Å². The van der Waals surface area contributed by atoms with Crippen LogP contribution in [-0.2, 0) is 21.2 Å². The molecule has 8 nitrogen and oxygen atoms in total. The normalized spacial score (nSPS) is 17.8. The van der Waals surface area contributed by atoms with Gasteiger partial charge in [-0.25, -0.2) is 13.3 Å². The van der Waals surface area contributed by atoms with Crippen LogP contribution in [0.1, 0.15) is 36.4 Å². The van der Waals surface area contributed by atoms with E-state index in [0.717, 1.165) is 39.4 Å². The van der Waals surface area contributed by atoms with E-state index < -0.39 is 21.0 Å². The molecule has 0 fully saturated rings. The molecular weight excluding hydrogens is 446 g/mol. The summed E-state index contributed by atoms with van der Waals surface area (Å²) in [7, 11) is -3.75. The monoisotopic (exact) mass is 469 g/mol. The first-order chi connectivity index (χ1) is 15.1. The molecule has 32 heavy (non-hydrogen) atoms. The Morgan fingerprint density at radius 1 is 1.19 bits per heavy atom. The number of nitrogens with zero attached hydrogens (tertiary/aromatic N) is 4. The number of aromatic nitrogens is 1. The van der Waals surface area contributed by atoms with E-state index in [2.05, 4.69) is 26.1 Å². The van der Waals surface area contributed by atoms with E-state index in [9.17, 15) is 13.2 Å². The summed E-state index contributed by atoms with van der Waals surface area (Å²) in [5, 5.41) is 7.73. The molecule has 0 radical (unpaired) electrons. The summed E-state index contributed by atoms with van der Waals surface area (Å²) in [6.45, 7) is 7.72. The standard InChI is InChI=1S/C22H23N5O3S2/c1-13(2)32(29,30)22-25-31-21-24-20(28)18(19(23)27(21)22)11-17-10-14(3)26(15(17)4)12-16-8-6-5-7-9-16/h5-11,13,23H,12H2,1-4H3/b18-11-,23-19?. The van der Waals surface area contributed by atoms with Crippen LogP contribution in [0.2, 0.25) is 0 Å². The van der Waals surface area contributed by atoms with E-state index in [1.807, 2.05) is 38.1 Å². The Bertz CT molecular complexity index is 1320. The molecule has 0 spiro atoms. The van der Waals surface area contributed by atoms with Gasteiger partial charge in [0.05, 0.1) is 22.8 Å². The Balaban J connectivity index is 1.71. The molecular formula is C22H23N5O3S2. The van der Waals surface area contributed by atoms with Gasteiger partial charge in [0.2, 0.25) is 20.2 Å². The first-order valence-electron chi connectivity index (χ1n) is 10.0. The number of amides is 1. The van der Waals surface area contributed by atoms with Crippen LogP contribution in [0.15, 0.2) is 51.4 Å².